The van der Waals surface area contributed by atoms with E-state index in [1.54, 1.807) is 23.5 Å². The van der Waals surface area contributed by atoms with Crippen molar-refractivity contribution in [3.8, 4) is 0 Å². The highest BCUT2D eigenvalue weighted by Crippen LogP contribution is 2.28. The number of halogens is 1. The van der Waals surface area contributed by atoms with Crippen molar-refractivity contribution in [2.24, 2.45) is 0 Å². The molecule has 4 rings (SSSR count). The molecule has 1 aliphatic rings. The lowest BCUT2D eigenvalue weighted by Gasteiger charge is -2.40. The highest BCUT2D eigenvalue weighted by molar-refractivity contribution is 7.16. The molecular weight excluding hydrogens is 389 g/mol. The Hall–Kier alpha value is -2.67. The Balaban J connectivity index is 1.60. The smallest absolute Gasteiger partial charge is 0.270 e. The van der Waals surface area contributed by atoms with Crippen LogP contribution in [0.5, 0.6) is 0 Å². The zero-order valence-electron chi connectivity index (χ0n) is 16.6. The maximum Gasteiger partial charge on any atom is 0.270 e. The zero-order chi connectivity index (χ0) is 20.5. The van der Waals surface area contributed by atoms with Crippen LogP contribution in [0.1, 0.15) is 36.3 Å². The van der Waals surface area contributed by atoms with E-state index in [2.05, 4.69) is 0 Å². The molecule has 5 nitrogen and oxygen atoms in total. The maximum atomic E-state index is 13.4. The second-order valence-electron chi connectivity index (χ2n) is 7.46. The molecule has 3 heterocycles. The Morgan fingerprint density at radius 3 is 2.62 bits per heavy atom. The average molecular weight is 414 g/mol. The van der Waals surface area contributed by atoms with E-state index in [9.17, 15) is 14.0 Å². The van der Waals surface area contributed by atoms with Crippen LogP contribution in [-0.4, -0.2) is 51.9 Å². The monoisotopic (exact) mass is 413 g/mol. The van der Waals surface area contributed by atoms with Crippen molar-refractivity contribution < 1.29 is 14.0 Å². The number of amides is 2. The van der Waals surface area contributed by atoms with Crippen LogP contribution >= 0.6 is 11.3 Å². The summed E-state index contributed by atoms with van der Waals surface area (Å²) < 4.78 is 15.3. The first-order valence-electron chi connectivity index (χ1n) is 9.88. The van der Waals surface area contributed by atoms with Gasteiger partial charge >= 0.3 is 0 Å². The van der Waals surface area contributed by atoms with Crippen molar-refractivity contribution in [3.63, 3.8) is 0 Å². The molecule has 3 aromatic rings. The Bertz CT molecular complexity index is 1040. The Kier molecular flexibility index (Phi) is 5.41. The highest BCUT2D eigenvalue weighted by atomic mass is 32.1. The van der Waals surface area contributed by atoms with E-state index < -0.39 is 0 Å². The first-order chi connectivity index (χ1) is 14.0. The van der Waals surface area contributed by atoms with Crippen molar-refractivity contribution in [2.45, 2.75) is 32.9 Å². The first-order valence-corrected chi connectivity index (χ1v) is 10.8. The number of fused-ring (bicyclic) bond motifs is 1. The summed E-state index contributed by atoms with van der Waals surface area (Å²) in [5, 5.41) is 3.05. The van der Waals surface area contributed by atoms with E-state index in [4.69, 9.17) is 0 Å². The van der Waals surface area contributed by atoms with E-state index in [0.717, 1.165) is 15.8 Å². The van der Waals surface area contributed by atoms with Crippen molar-refractivity contribution >= 4 is 33.4 Å². The quantitative estimate of drug-likeness (QED) is 0.650. The van der Waals surface area contributed by atoms with Gasteiger partial charge in [0.05, 0.1) is 0 Å². The molecule has 0 saturated carbocycles. The van der Waals surface area contributed by atoms with Gasteiger partial charge in [-0.15, -0.1) is 11.3 Å². The van der Waals surface area contributed by atoms with Gasteiger partial charge in [-0.2, -0.15) is 0 Å². The summed E-state index contributed by atoms with van der Waals surface area (Å²) in [7, 11) is 0. The van der Waals surface area contributed by atoms with E-state index in [1.807, 2.05) is 45.7 Å². The average Bonchev–Trinajstić information content (AvgIpc) is 3.31. The molecule has 1 aliphatic heterocycles. The van der Waals surface area contributed by atoms with Gasteiger partial charge in [0.2, 0.25) is 5.91 Å². The molecule has 0 spiro atoms. The Morgan fingerprint density at radius 2 is 1.93 bits per heavy atom. The van der Waals surface area contributed by atoms with Crippen LogP contribution in [0.2, 0.25) is 0 Å². The molecule has 1 atom stereocenters. The van der Waals surface area contributed by atoms with Crippen molar-refractivity contribution in [1.82, 2.24) is 14.4 Å². The van der Waals surface area contributed by atoms with Gasteiger partial charge in [-0.25, -0.2) is 4.39 Å². The molecule has 0 aliphatic carbocycles. The summed E-state index contributed by atoms with van der Waals surface area (Å²) in [4.78, 5) is 30.2. The third kappa shape index (κ3) is 3.79. The van der Waals surface area contributed by atoms with Crippen LogP contribution in [0.25, 0.3) is 10.2 Å². The number of thiophene rings is 1. The molecule has 0 radical (unpaired) electrons. The Morgan fingerprint density at radius 1 is 1.17 bits per heavy atom. The SMILES string of the molecule is CCC(=O)N1CCN(C(=O)c2cc3ccsc3n2Cc2ccc(F)cc2)C[C@@H]1C. The minimum Gasteiger partial charge on any atom is -0.336 e. The molecule has 0 N–H and O–H groups in total. The summed E-state index contributed by atoms with van der Waals surface area (Å²) in [6, 6.07) is 10.3. The third-order valence-electron chi connectivity index (χ3n) is 5.51. The minimum atomic E-state index is -0.271. The third-order valence-corrected chi connectivity index (χ3v) is 6.46. The highest BCUT2D eigenvalue weighted by Gasteiger charge is 2.31. The number of hydrogen-bond donors (Lipinski definition) is 0. The molecule has 2 aromatic heterocycles. The minimum absolute atomic E-state index is 0.00165. The summed E-state index contributed by atoms with van der Waals surface area (Å²) in [5.74, 6) is -0.164. The van der Waals surface area contributed by atoms with Gasteiger partial charge < -0.3 is 14.4 Å². The van der Waals surface area contributed by atoms with Gasteiger partial charge in [0.25, 0.3) is 5.91 Å². The van der Waals surface area contributed by atoms with Gasteiger partial charge in [-0.1, -0.05) is 19.1 Å². The molecule has 7 heteroatoms. The molecule has 1 saturated heterocycles. The lowest BCUT2D eigenvalue weighted by Crippen LogP contribution is -2.55. The molecule has 2 amide bonds. The first kappa shape index (κ1) is 19.6. The van der Waals surface area contributed by atoms with Crippen LogP contribution in [0, 0.1) is 5.82 Å². The fraction of sp³-hybridized carbons (Fsp3) is 0.364. The number of carbonyl (C=O) groups is 2. The lowest BCUT2D eigenvalue weighted by molar-refractivity contribution is -0.134. The van der Waals surface area contributed by atoms with Crippen molar-refractivity contribution in [3.05, 3.63) is 58.9 Å². The maximum absolute atomic E-state index is 13.4. The lowest BCUT2D eigenvalue weighted by atomic mass is 10.1. The summed E-state index contributed by atoms with van der Waals surface area (Å²) in [5.41, 5.74) is 1.58. The normalized spacial score (nSPS) is 17.1. The van der Waals surface area contributed by atoms with Crippen LogP contribution < -0.4 is 0 Å². The number of piperazine rings is 1. The van der Waals surface area contributed by atoms with Crippen LogP contribution in [0.4, 0.5) is 4.39 Å². The summed E-state index contributed by atoms with van der Waals surface area (Å²) in [6.45, 7) is 5.98. The zero-order valence-corrected chi connectivity index (χ0v) is 17.4. The van der Waals surface area contributed by atoms with Crippen LogP contribution in [0.15, 0.2) is 41.8 Å². The number of benzene rings is 1. The van der Waals surface area contributed by atoms with E-state index >= 15 is 0 Å². The number of aromatic nitrogens is 1. The number of rotatable bonds is 4. The predicted molar refractivity (Wildman–Crippen MR) is 113 cm³/mol. The topological polar surface area (TPSA) is 45.6 Å². The largest absolute Gasteiger partial charge is 0.336 e. The van der Waals surface area contributed by atoms with Crippen LogP contribution in [0.3, 0.4) is 0 Å². The Labute approximate surface area is 173 Å². The van der Waals surface area contributed by atoms with Crippen LogP contribution in [-0.2, 0) is 11.3 Å². The fourth-order valence-electron chi connectivity index (χ4n) is 3.96. The summed E-state index contributed by atoms with van der Waals surface area (Å²) in [6.07, 6.45) is 0.481. The van der Waals surface area contributed by atoms with E-state index in [1.165, 1.54) is 12.1 Å². The van der Waals surface area contributed by atoms with E-state index in [0.29, 0.717) is 38.3 Å². The second kappa shape index (κ2) is 7.99. The van der Waals surface area contributed by atoms with Gasteiger partial charge in [-0.05, 0) is 42.1 Å². The second-order valence-corrected chi connectivity index (χ2v) is 8.36. The molecular formula is C22H24FN3O2S. The number of carbonyl (C=O) groups excluding carboxylic acids is 2. The number of nitrogens with zero attached hydrogens (tertiary/aromatic N) is 3. The molecule has 29 heavy (non-hydrogen) atoms. The molecule has 152 valence electrons. The number of hydrogen-bond acceptors (Lipinski definition) is 3. The fourth-order valence-corrected chi connectivity index (χ4v) is 4.86. The van der Waals surface area contributed by atoms with Crippen molar-refractivity contribution in [2.75, 3.05) is 19.6 Å². The van der Waals surface area contributed by atoms with Gasteiger partial charge in [0.15, 0.2) is 0 Å². The van der Waals surface area contributed by atoms with E-state index in [-0.39, 0.29) is 23.7 Å². The molecule has 1 fully saturated rings. The molecule has 0 bridgehead atoms. The van der Waals surface area contributed by atoms with Crippen molar-refractivity contribution in [1.29, 1.82) is 0 Å². The van der Waals surface area contributed by atoms with Gasteiger partial charge in [0.1, 0.15) is 16.3 Å². The summed E-state index contributed by atoms with van der Waals surface area (Å²) >= 11 is 1.59. The predicted octanol–water partition coefficient (Wildman–Crippen LogP) is 3.97. The van der Waals surface area contributed by atoms with Gasteiger partial charge in [0, 0.05) is 44.0 Å². The molecule has 0 unspecified atom stereocenters. The van der Waals surface area contributed by atoms with Gasteiger partial charge in [-0.3, -0.25) is 9.59 Å². The standard InChI is InChI=1S/C22H24FN3O2S/c1-3-20(27)25-10-9-24(13-15(25)2)21(28)19-12-17-8-11-29-22(17)26(19)14-16-4-6-18(23)7-5-16/h4-8,11-12,15H,3,9-10,13-14H2,1-2H3/t15-/m0/s1. The molecule has 1 aromatic carbocycles.